The van der Waals surface area contributed by atoms with Crippen LogP contribution in [0.2, 0.25) is 0 Å². The minimum Gasteiger partial charge on any atom is -0.379 e. The van der Waals surface area contributed by atoms with Crippen molar-refractivity contribution >= 4 is 5.91 Å². The van der Waals surface area contributed by atoms with Gasteiger partial charge in [0.05, 0.1) is 19.1 Å². The van der Waals surface area contributed by atoms with E-state index in [2.05, 4.69) is 36.3 Å². The third-order valence-electron chi connectivity index (χ3n) is 4.69. The molecular weight excluding hydrogens is 266 g/mol. The second kappa shape index (κ2) is 8.11. The predicted molar refractivity (Wildman–Crippen MR) is 84.2 cm³/mol. The van der Waals surface area contributed by atoms with E-state index in [4.69, 9.17) is 4.74 Å². The number of rotatable bonds is 7. The lowest BCUT2D eigenvalue weighted by atomic mass is 10.0. The number of hydrogen-bond donors (Lipinski definition) is 2. The van der Waals surface area contributed by atoms with E-state index in [1.807, 2.05) is 0 Å². The summed E-state index contributed by atoms with van der Waals surface area (Å²) in [5, 5.41) is 6.56. The molecule has 5 heteroatoms. The first-order valence-electron chi connectivity index (χ1n) is 8.44. The number of carbonyl (C=O) groups is 1. The van der Waals surface area contributed by atoms with Gasteiger partial charge in [0.15, 0.2) is 0 Å². The minimum atomic E-state index is -0.0286. The molecule has 1 amide bonds. The largest absolute Gasteiger partial charge is 0.379 e. The predicted octanol–water partition coefficient (Wildman–Crippen LogP) is 0.848. The van der Waals surface area contributed by atoms with Crippen LogP contribution >= 0.6 is 0 Å². The number of likely N-dealkylation sites (tertiary alicyclic amines) is 1. The van der Waals surface area contributed by atoms with Crippen LogP contribution in [-0.4, -0.2) is 62.3 Å². The Bertz CT molecular complexity index is 335. The number of hydrogen-bond acceptors (Lipinski definition) is 4. The molecular formula is C16H31N3O2. The average molecular weight is 297 g/mol. The lowest BCUT2D eigenvalue weighted by Crippen LogP contribution is -2.45. The Morgan fingerprint density at radius 2 is 2.19 bits per heavy atom. The Hall–Kier alpha value is -0.650. The summed E-state index contributed by atoms with van der Waals surface area (Å²) in [7, 11) is 0. The molecule has 122 valence electrons. The summed E-state index contributed by atoms with van der Waals surface area (Å²) in [5.41, 5.74) is 0. The van der Waals surface area contributed by atoms with Gasteiger partial charge in [0, 0.05) is 25.2 Å². The first kappa shape index (κ1) is 16.7. The third kappa shape index (κ3) is 4.66. The van der Waals surface area contributed by atoms with Crippen LogP contribution in [0.1, 0.15) is 33.6 Å². The van der Waals surface area contributed by atoms with Gasteiger partial charge in [-0.15, -0.1) is 0 Å². The maximum Gasteiger partial charge on any atom is 0.227 e. The zero-order valence-corrected chi connectivity index (χ0v) is 13.7. The van der Waals surface area contributed by atoms with Gasteiger partial charge in [0.25, 0.3) is 0 Å². The van der Waals surface area contributed by atoms with Gasteiger partial charge in [-0.25, -0.2) is 0 Å². The van der Waals surface area contributed by atoms with Gasteiger partial charge < -0.3 is 20.3 Å². The molecule has 0 radical (unpaired) electrons. The van der Waals surface area contributed by atoms with Crippen molar-refractivity contribution in [1.29, 1.82) is 0 Å². The van der Waals surface area contributed by atoms with E-state index in [0.29, 0.717) is 25.2 Å². The molecule has 2 N–H and O–H groups in total. The lowest BCUT2D eigenvalue weighted by molar-refractivity contribution is -0.125. The van der Waals surface area contributed by atoms with Gasteiger partial charge >= 0.3 is 0 Å². The molecule has 3 unspecified atom stereocenters. The van der Waals surface area contributed by atoms with Crippen LogP contribution in [0, 0.1) is 11.8 Å². The first-order chi connectivity index (χ1) is 10.1. The van der Waals surface area contributed by atoms with Crippen LogP contribution < -0.4 is 10.6 Å². The van der Waals surface area contributed by atoms with Crippen LogP contribution in [0.4, 0.5) is 0 Å². The Kier molecular flexibility index (Phi) is 6.45. The van der Waals surface area contributed by atoms with E-state index in [1.165, 1.54) is 6.42 Å². The summed E-state index contributed by atoms with van der Waals surface area (Å²) in [6.45, 7) is 11.8. The summed E-state index contributed by atoms with van der Waals surface area (Å²) in [5.74, 6) is 0.726. The molecule has 5 nitrogen and oxygen atoms in total. The van der Waals surface area contributed by atoms with E-state index in [1.54, 1.807) is 0 Å². The number of ether oxygens (including phenoxy) is 1. The highest BCUT2D eigenvalue weighted by molar-refractivity contribution is 5.79. The molecule has 2 saturated heterocycles. The normalized spacial score (nSPS) is 30.2. The molecule has 2 fully saturated rings. The quantitative estimate of drug-likeness (QED) is 0.731. The molecule has 2 aliphatic heterocycles. The third-order valence-corrected chi connectivity index (χ3v) is 4.69. The highest BCUT2D eigenvalue weighted by Gasteiger charge is 2.34. The van der Waals surface area contributed by atoms with Gasteiger partial charge in [-0.1, -0.05) is 6.92 Å². The molecule has 0 aromatic heterocycles. The van der Waals surface area contributed by atoms with Gasteiger partial charge in [-0.2, -0.15) is 0 Å². The maximum atomic E-state index is 12.3. The van der Waals surface area contributed by atoms with E-state index in [9.17, 15) is 4.79 Å². The molecule has 2 aliphatic rings. The van der Waals surface area contributed by atoms with Gasteiger partial charge in [0.2, 0.25) is 5.91 Å². The van der Waals surface area contributed by atoms with Crippen molar-refractivity contribution in [3.05, 3.63) is 0 Å². The average Bonchev–Trinajstić information content (AvgIpc) is 3.11. The van der Waals surface area contributed by atoms with E-state index >= 15 is 0 Å². The monoisotopic (exact) mass is 297 g/mol. The molecule has 0 aromatic carbocycles. The van der Waals surface area contributed by atoms with Gasteiger partial charge in [0.1, 0.15) is 0 Å². The topological polar surface area (TPSA) is 53.6 Å². The zero-order valence-electron chi connectivity index (χ0n) is 13.7. The summed E-state index contributed by atoms with van der Waals surface area (Å²) in [4.78, 5) is 14.8. The molecule has 0 saturated carbocycles. The minimum absolute atomic E-state index is 0.0286. The molecule has 0 bridgehead atoms. The fourth-order valence-electron chi connectivity index (χ4n) is 3.22. The summed E-state index contributed by atoms with van der Waals surface area (Å²) in [6, 6.07) is 0.789. The van der Waals surface area contributed by atoms with Crippen LogP contribution in [0.3, 0.4) is 0 Å². The summed E-state index contributed by atoms with van der Waals surface area (Å²) < 4.78 is 5.48. The van der Waals surface area contributed by atoms with Crippen LogP contribution in [0.15, 0.2) is 0 Å². The van der Waals surface area contributed by atoms with E-state index < -0.39 is 0 Å². The Balaban J connectivity index is 1.72. The first-order valence-corrected chi connectivity index (χ1v) is 8.44. The van der Waals surface area contributed by atoms with Crippen molar-refractivity contribution in [2.45, 2.75) is 45.7 Å². The summed E-state index contributed by atoms with van der Waals surface area (Å²) in [6.07, 6.45) is 2.27. The molecule has 21 heavy (non-hydrogen) atoms. The number of nitrogens with one attached hydrogen (secondary N) is 2. The van der Waals surface area contributed by atoms with Crippen LogP contribution in [0.25, 0.3) is 0 Å². The van der Waals surface area contributed by atoms with Crippen molar-refractivity contribution < 1.29 is 9.53 Å². The fourth-order valence-corrected chi connectivity index (χ4v) is 3.22. The number of amides is 1. The summed E-state index contributed by atoms with van der Waals surface area (Å²) >= 11 is 0. The molecule has 2 heterocycles. The van der Waals surface area contributed by atoms with Crippen molar-refractivity contribution in [2.24, 2.45) is 11.8 Å². The highest BCUT2D eigenvalue weighted by Crippen LogP contribution is 2.18. The van der Waals surface area contributed by atoms with Gasteiger partial charge in [-0.3, -0.25) is 4.79 Å². The fraction of sp³-hybridized carbons (Fsp3) is 0.938. The van der Waals surface area contributed by atoms with Gasteiger partial charge in [-0.05, 0) is 45.7 Å². The maximum absolute atomic E-state index is 12.3. The Morgan fingerprint density at radius 1 is 1.38 bits per heavy atom. The van der Waals surface area contributed by atoms with Crippen molar-refractivity contribution in [3.8, 4) is 0 Å². The van der Waals surface area contributed by atoms with Crippen LogP contribution in [0.5, 0.6) is 0 Å². The van der Waals surface area contributed by atoms with E-state index in [-0.39, 0.29) is 17.9 Å². The molecule has 0 spiro atoms. The number of carbonyl (C=O) groups excluding carboxylic acids is 1. The Morgan fingerprint density at radius 3 is 2.86 bits per heavy atom. The van der Waals surface area contributed by atoms with Crippen LogP contribution in [-0.2, 0) is 9.53 Å². The Labute approximate surface area is 128 Å². The highest BCUT2D eigenvalue weighted by atomic mass is 16.5. The zero-order chi connectivity index (χ0) is 15.2. The van der Waals surface area contributed by atoms with Crippen molar-refractivity contribution in [3.63, 3.8) is 0 Å². The standard InChI is InChI=1S/C16H31N3O2/c1-4-6-17-15-11-21-10-14(15)16(20)18-8-13-5-7-19(9-13)12(2)3/h12-15,17H,4-11H2,1-3H3,(H,18,20). The van der Waals surface area contributed by atoms with Crippen molar-refractivity contribution in [2.75, 3.05) is 39.4 Å². The van der Waals surface area contributed by atoms with E-state index in [0.717, 1.165) is 32.6 Å². The van der Waals surface area contributed by atoms with Crippen molar-refractivity contribution in [1.82, 2.24) is 15.5 Å². The molecule has 2 rings (SSSR count). The molecule has 0 aliphatic carbocycles. The smallest absolute Gasteiger partial charge is 0.227 e. The molecule has 3 atom stereocenters. The second-order valence-electron chi connectivity index (χ2n) is 6.69. The SMILES string of the molecule is CCCNC1COCC1C(=O)NCC1CCN(C(C)C)C1. The number of nitrogens with zero attached hydrogens (tertiary/aromatic N) is 1. The second-order valence-corrected chi connectivity index (χ2v) is 6.69. The lowest BCUT2D eigenvalue weighted by Gasteiger charge is -2.21. The molecule has 0 aromatic rings.